The average molecular weight is 184 g/mol. The number of nitrogens with two attached hydrogens (primary N) is 1. The summed E-state index contributed by atoms with van der Waals surface area (Å²) in [6.07, 6.45) is 5.61. The van der Waals surface area contributed by atoms with E-state index in [0.29, 0.717) is 11.3 Å². The van der Waals surface area contributed by atoms with Gasteiger partial charge in [0.25, 0.3) is 0 Å². The van der Waals surface area contributed by atoms with E-state index in [1.54, 1.807) is 0 Å². The summed E-state index contributed by atoms with van der Waals surface area (Å²) in [6, 6.07) is 0. The van der Waals surface area contributed by atoms with Crippen LogP contribution in [-0.4, -0.2) is 19.6 Å². The first-order valence-electron chi connectivity index (χ1n) is 5.63. The lowest BCUT2D eigenvalue weighted by Gasteiger charge is -2.41. The number of hydrogen-bond acceptors (Lipinski definition) is 2. The Bertz CT molecular complexity index is 136. The highest BCUT2D eigenvalue weighted by Crippen LogP contribution is 2.42. The molecule has 1 aliphatic carbocycles. The molecule has 3 N–H and O–H groups in total. The van der Waals surface area contributed by atoms with Gasteiger partial charge in [0.05, 0.1) is 0 Å². The minimum atomic E-state index is 0.619. The summed E-state index contributed by atoms with van der Waals surface area (Å²) in [6.45, 7) is 7.60. The summed E-state index contributed by atoms with van der Waals surface area (Å²) in [5.74, 6) is 0.619. The maximum Gasteiger partial charge on any atom is 0.000783 e. The Balaban J connectivity index is 2.10. The fourth-order valence-electron chi connectivity index (χ4n) is 2.00. The molecule has 13 heavy (non-hydrogen) atoms. The first-order chi connectivity index (χ1) is 6.22. The lowest BCUT2D eigenvalue weighted by atomic mass is 9.67. The Morgan fingerprint density at radius 1 is 1.46 bits per heavy atom. The molecule has 0 amide bonds. The van der Waals surface area contributed by atoms with Crippen LogP contribution in [0, 0.1) is 11.3 Å². The van der Waals surface area contributed by atoms with Crippen LogP contribution >= 0.6 is 0 Å². The van der Waals surface area contributed by atoms with Crippen LogP contribution in [0.1, 0.15) is 39.5 Å². The van der Waals surface area contributed by atoms with Crippen molar-refractivity contribution in [2.75, 3.05) is 19.6 Å². The van der Waals surface area contributed by atoms with E-state index in [2.05, 4.69) is 19.2 Å². The molecule has 0 radical (unpaired) electrons. The minimum Gasteiger partial charge on any atom is -0.330 e. The van der Waals surface area contributed by atoms with Crippen molar-refractivity contribution in [2.24, 2.45) is 17.1 Å². The summed E-state index contributed by atoms with van der Waals surface area (Å²) in [5, 5.41) is 3.55. The van der Waals surface area contributed by atoms with Crippen molar-refractivity contribution >= 4 is 0 Å². The maximum absolute atomic E-state index is 5.56. The molecule has 0 aromatic carbocycles. The van der Waals surface area contributed by atoms with E-state index in [-0.39, 0.29) is 0 Å². The van der Waals surface area contributed by atoms with Crippen LogP contribution in [0.4, 0.5) is 0 Å². The van der Waals surface area contributed by atoms with Crippen LogP contribution in [0.2, 0.25) is 0 Å². The van der Waals surface area contributed by atoms with Gasteiger partial charge in [0.15, 0.2) is 0 Å². The highest BCUT2D eigenvalue weighted by atomic mass is 14.9. The lowest BCUT2D eigenvalue weighted by Crippen LogP contribution is -2.41. The van der Waals surface area contributed by atoms with Crippen molar-refractivity contribution in [2.45, 2.75) is 39.5 Å². The van der Waals surface area contributed by atoms with Gasteiger partial charge in [-0.1, -0.05) is 20.3 Å². The molecule has 1 fully saturated rings. The van der Waals surface area contributed by atoms with Gasteiger partial charge in [0.1, 0.15) is 0 Å². The molecule has 78 valence electrons. The zero-order chi connectivity index (χ0) is 9.73. The van der Waals surface area contributed by atoms with Gasteiger partial charge in [-0.25, -0.2) is 0 Å². The first-order valence-corrected chi connectivity index (χ1v) is 5.63. The Morgan fingerprint density at radius 3 is 2.54 bits per heavy atom. The number of rotatable bonds is 6. The number of nitrogens with one attached hydrogen (secondary N) is 1. The molecule has 0 heterocycles. The van der Waals surface area contributed by atoms with E-state index in [1.807, 2.05) is 0 Å². The summed E-state index contributed by atoms with van der Waals surface area (Å²) in [7, 11) is 0. The Hall–Kier alpha value is -0.0800. The zero-order valence-electron chi connectivity index (χ0n) is 9.10. The standard InChI is InChI=1S/C11H24N2/c1-3-11(5-4-6-11)9-13-8-10(2)7-12/h10,13H,3-9,12H2,1-2H3. The van der Waals surface area contributed by atoms with E-state index in [9.17, 15) is 0 Å². The molecular formula is C11H24N2. The van der Waals surface area contributed by atoms with Gasteiger partial charge in [-0.05, 0) is 43.7 Å². The van der Waals surface area contributed by atoms with Gasteiger partial charge in [0.2, 0.25) is 0 Å². The van der Waals surface area contributed by atoms with Gasteiger partial charge < -0.3 is 11.1 Å². The average Bonchev–Trinajstić information content (AvgIpc) is 2.09. The summed E-state index contributed by atoms with van der Waals surface area (Å²) < 4.78 is 0. The van der Waals surface area contributed by atoms with Crippen molar-refractivity contribution in [3.05, 3.63) is 0 Å². The molecule has 1 rings (SSSR count). The van der Waals surface area contributed by atoms with Gasteiger partial charge in [-0.2, -0.15) is 0 Å². The normalized spacial score (nSPS) is 22.4. The molecule has 0 aromatic heterocycles. The first kappa shape index (κ1) is 11.0. The SMILES string of the molecule is CCC1(CNCC(C)CN)CCC1. The van der Waals surface area contributed by atoms with Crippen LogP contribution in [0.3, 0.4) is 0 Å². The van der Waals surface area contributed by atoms with Gasteiger partial charge in [-0.15, -0.1) is 0 Å². The van der Waals surface area contributed by atoms with Gasteiger partial charge in [0, 0.05) is 6.54 Å². The van der Waals surface area contributed by atoms with E-state index >= 15 is 0 Å². The van der Waals surface area contributed by atoms with Crippen molar-refractivity contribution in [1.29, 1.82) is 0 Å². The van der Waals surface area contributed by atoms with Crippen LogP contribution in [0.15, 0.2) is 0 Å². The topological polar surface area (TPSA) is 38.0 Å². The molecular weight excluding hydrogens is 160 g/mol. The monoisotopic (exact) mass is 184 g/mol. The summed E-state index contributed by atoms with van der Waals surface area (Å²) >= 11 is 0. The third kappa shape index (κ3) is 2.96. The van der Waals surface area contributed by atoms with E-state index in [4.69, 9.17) is 5.73 Å². The van der Waals surface area contributed by atoms with Crippen molar-refractivity contribution < 1.29 is 0 Å². The lowest BCUT2D eigenvalue weighted by molar-refractivity contribution is 0.123. The Morgan fingerprint density at radius 2 is 2.15 bits per heavy atom. The fourth-order valence-corrected chi connectivity index (χ4v) is 2.00. The third-order valence-electron chi connectivity index (χ3n) is 3.56. The maximum atomic E-state index is 5.56. The van der Waals surface area contributed by atoms with Crippen molar-refractivity contribution in [3.8, 4) is 0 Å². The van der Waals surface area contributed by atoms with E-state index in [1.165, 1.54) is 32.2 Å². The molecule has 1 atom stereocenters. The molecule has 0 aromatic rings. The summed E-state index contributed by atoms with van der Waals surface area (Å²) in [4.78, 5) is 0. The molecule has 0 spiro atoms. The van der Waals surface area contributed by atoms with Crippen molar-refractivity contribution in [3.63, 3.8) is 0 Å². The molecule has 1 unspecified atom stereocenters. The second kappa shape index (κ2) is 4.97. The second-order valence-electron chi connectivity index (χ2n) is 4.68. The Labute approximate surface area is 82.3 Å². The zero-order valence-corrected chi connectivity index (χ0v) is 9.10. The molecule has 0 saturated heterocycles. The van der Waals surface area contributed by atoms with Crippen LogP contribution in [0.5, 0.6) is 0 Å². The predicted molar refractivity (Wildman–Crippen MR) is 57.7 cm³/mol. The predicted octanol–water partition coefficient (Wildman–Crippen LogP) is 1.75. The van der Waals surface area contributed by atoms with Crippen LogP contribution in [0.25, 0.3) is 0 Å². The highest BCUT2D eigenvalue weighted by molar-refractivity contribution is 4.88. The number of hydrogen-bond donors (Lipinski definition) is 2. The van der Waals surface area contributed by atoms with Crippen LogP contribution < -0.4 is 11.1 Å². The van der Waals surface area contributed by atoms with E-state index < -0.39 is 0 Å². The molecule has 0 bridgehead atoms. The third-order valence-corrected chi connectivity index (χ3v) is 3.56. The fraction of sp³-hybridized carbons (Fsp3) is 1.00. The van der Waals surface area contributed by atoms with Gasteiger partial charge >= 0.3 is 0 Å². The Kier molecular flexibility index (Phi) is 4.20. The highest BCUT2D eigenvalue weighted by Gasteiger charge is 2.34. The quantitative estimate of drug-likeness (QED) is 0.660. The molecule has 1 saturated carbocycles. The minimum absolute atomic E-state index is 0.619. The van der Waals surface area contributed by atoms with Crippen molar-refractivity contribution in [1.82, 2.24) is 5.32 Å². The molecule has 2 heteroatoms. The molecule has 0 aliphatic heterocycles. The van der Waals surface area contributed by atoms with E-state index in [0.717, 1.165) is 13.1 Å². The largest absolute Gasteiger partial charge is 0.330 e. The molecule has 2 nitrogen and oxygen atoms in total. The smallest absolute Gasteiger partial charge is 0.000783 e. The summed E-state index contributed by atoms with van der Waals surface area (Å²) in [5.41, 5.74) is 6.21. The van der Waals surface area contributed by atoms with Gasteiger partial charge in [-0.3, -0.25) is 0 Å². The van der Waals surface area contributed by atoms with Crippen LogP contribution in [-0.2, 0) is 0 Å². The second-order valence-corrected chi connectivity index (χ2v) is 4.68. The molecule has 1 aliphatic rings.